The van der Waals surface area contributed by atoms with Gasteiger partial charge in [0.1, 0.15) is 11.6 Å². The zero-order valence-corrected chi connectivity index (χ0v) is 12.1. The number of pyridine rings is 1. The Kier molecular flexibility index (Phi) is 3.31. The summed E-state index contributed by atoms with van der Waals surface area (Å²) >= 11 is 3.41. The number of fused-ring (bicyclic) bond motifs is 1. The first kappa shape index (κ1) is 12.9. The Balaban J connectivity index is 1.99. The number of hydrogen-bond donors (Lipinski definition) is 1. The largest absolute Gasteiger partial charge is 0.482 e. The highest BCUT2D eigenvalue weighted by Gasteiger charge is 2.26. The Morgan fingerprint density at radius 3 is 3.05 bits per heavy atom. The smallest absolute Gasteiger partial charge is 0.265 e. The maximum atomic E-state index is 12.1. The molecule has 0 aliphatic carbocycles. The predicted octanol–water partition coefficient (Wildman–Crippen LogP) is 2.35. The highest BCUT2D eigenvalue weighted by atomic mass is 79.9. The lowest BCUT2D eigenvalue weighted by Crippen LogP contribution is -2.38. The van der Waals surface area contributed by atoms with E-state index in [4.69, 9.17) is 10.5 Å². The lowest BCUT2D eigenvalue weighted by Gasteiger charge is -2.29. The van der Waals surface area contributed by atoms with Crippen molar-refractivity contribution in [2.75, 3.05) is 17.2 Å². The molecule has 0 radical (unpaired) electrons. The molecule has 0 unspecified atom stereocenters. The van der Waals surface area contributed by atoms with E-state index in [0.717, 1.165) is 15.7 Å². The molecular formula is C14H12BrN3O2. The van der Waals surface area contributed by atoms with Gasteiger partial charge in [0.15, 0.2) is 6.61 Å². The van der Waals surface area contributed by atoms with Gasteiger partial charge >= 0.3 is 0 Å². The van der Waals surface area contributed by atoms with Crippen molar-refractivity contribution in [3.63, 3.8) is 0 Å². The monoisotopic (exact) mass is 333 g/mol. The number of rotatable bonds is 2. The van der Waals surface area contributed by atoms with E-state index in [9.17, 15) is 4.79 Å². The van der Waals surface area contributed by atoms with Crippen LogP contribution in [0.15, 0.2) is 41.0 Å². The van der Waals surface area contributed by atoms with Crippen molar-refractivity contribution in [3.05, 3.63) is 46.6 Å². The number of amides is 1. The summed E-state index contributed by atoms with van der Waals surface area (Å²) in [5.41, 5.74) is 7.39. The van der Waals surface area contributed by atoms with Crippen molar-refractivity contribution in [3.8, 4) is 5.75 Å². The van der Waals surface area contributed by atoms with Crippen LogP contribution in [0.2, 0.25) is 0 Å². The van der Waals surface area contributed by atoms with Crippen molar-refractivity contribution in [1.82, 2.24) is 4.98 Å². The minimum atomic E-state index is -0.0983. The fourth-order valence-corrected chi connectivity index (χ4v) is 2.45. The minimum absolute atomic E-state index is 0.0365. The van der Waals surface area contributed by atoms with Gasteiger partial charge in [0, 0.05) is 16.2 Å². The summed E-state index contributed by atoms with van der Waals surface area (Å²) in [7, 11) is 0. The first-order valence-electron chi connectivity index (χ1n) is 6.07. The molecule has 0 saturated heterocycles. The SMILES string of the molecule is Nc1ncccc1CN1C(=O)COc2ccc(Br)cc21. The van der Waals surface area contributed by atoms with Gasteiger partial charge in [0.2, 0.25) is 0 Å². The van der Waals surface area contributed by atoms with Crippen molar-refractivity contribution < 1.29 is 9.53 Å². The normalized spacial score (nSPS) is 13.8. The van der Waals surface area contributed by atoms with E-state index < -0.39 is 0 Å². The molecule has 1 amide bonds. The van der Waals surface area contributed by atoms with Crippen molar-refractivity contribution in [2.45, 2.75) is 6.54 Å². The number of nitrogens with zero attached hydrogens (tertiary/aromatic N) is 2. The molecular weight excluding hydrogens is 322 g/mol. The number of hydrogen-bond acceptors (Lipinski definition) is 4. The second-order valence-electron chi connectivity index (χ2n) is 4.43. The Morgan fingerprint density at radius 2 is 2.25 bits per heavy atom. The summed E-state index contributed by atoms with van der Waals surface area (Å²) < 4.78 is 6.32. The molecule has 2 N–H and O–H groups in total. The Labute approximate surface area is 124 Å². The van der Waals surface area contributed by atoms with Crippen LogP contribution in [-0.2, 0) is 11.3 Å². The molecule has 102 valence electrons. The van der Waals surface area contributed by atoms with Crippen LogP contribution >= 0.6 is 15.9 Å². The summed E-state index contributed by atoms with van der Waals surface area (Å²) in [6.45, 7) is 0.417. The number of nitrogen functional groups attached to an aromatic ring is 1. The molecule has 2 aromatic rings. The van der Waals surface area contributed by atoms with Gasteiger partial charge in [0.25, 0.3) is 5.91 Å². The summed E-state index contributed by atoms with van der Waals surface area (Å²) in [5, 5.41) is 0. The lowest BCUT2D eigenvalue weighted by molar-refractivity contribution is -0.121. The first-order valence-corrected chi connectivity index (χ1v) is 6.86. The second-order valence-corrected chi connectivity index (χ2v) is 5.34. The van der Waals surface area contributed by atoms with E-state index in [1.807, 2.05) is 24.3 Å². The topological polar surface area (TPSA) is 68.5 Å². The third kappa shape index (κ3) is 2.34. The number of halogens is 1. The van der Waals surface area contributed by atoms with Gasteiger partial charge in [-0.15, -0.1) is 0 Å². The molecule has 1 aliphatic heterocycles. The molecule has 2 heterocycles. The number of carbonyl (C=O) groups is 1. The average molecular weight is 334 g/mol. The molecule has 20 heavy (non-hydrogen) atoms. The molecule has 1 aromatic carbocycles. The summed E-state index contributed by atoms with van der Waals surface area (Å²) in [5.74, 6) is 1.03. The number of aromatic nitrogens is 1. The highest BCUT2D eigenvalue weighted by molar-refractivity contribution is 9.10. The summed E-state index contributed by atoms with van der Waals surface area (Å²) in [4.78, 5) is 17.8. The Hall–Kier alpha value is -2.08. The van der Waals surface area contributed by atoms with Crippen LogP contribution in [0.5, 0.6) is 5.75 Å². The van der Waals surface area contributed by atoms with Crippen LogP contribution in [0.25, 0.3) is 0 Å². The Bertz CT molecular complexity index is 675. The van der Waals surface area contributed by atoms with E-state index in [-0.39, 0.29) is 12.5 Å². The van der Waals surface area contributed by atoms with Gasteiger partial charge in [-0.05, 0) is 24.3 Å². The van der Waals surface area contributed by atoms with Crippen LogP contribution in [0.1, 0.15) is 5.56 Å². The van der Waals surface area contributed by atoms with E-state index >= 15 is 0 Å². The maximum absolute atomic E-state index is 12.1. The fourth-order valence-electron chi connectivity index (χ4n) is 2.10. The zero-order chi connectivity index (χ0) is 14.1. The number of benzene rings is 1. The third-order valence-electron chi connectivity index (χ3n) is 3.12. The van der Waals surface area contributed by atoms with Crippen LogP contribution in [0.3, 0.4) is 0 Å². The van der Waals surface area contributed by atoms with Crippen LogP contribution in [0.4, 0.5) is 11.5 Å². The second kappa shape index (κ2) is 5.13. The van der Waals surface area contributed by atoms with Gasteiger partial charge in [-0.25, -0.2) is 4.98 Å². The molecule has 0 spiro atoms. The minimum Gasteiger partial charge on any atom is -0.482 e. The molecule has 0 saturated carbocycles. The summed E-state index contributed by atoms with van der Waals surface area (Å²) in [6, 6.07) is 9.25. The highest BCUT2D eigenvalue weighted by Crippen LogP contribution is 2.35. The fraction of sp³-hybridized carbons (Fsp3) is 0.143. The molecule has 0 atom stereocenters. The third-order valence-corrected chi connectivity index (χ3v) is 3.61. The molecule has 1 aliphatic rings. The average Bonchev–Trinajstić information content (AvgIpc) is 2.44. The first-order chi connectivity index (χ1) is 9.65. The van der Waals surface area contributed by atoms with Crippen molar-refractivity contribution in [1.29, 1.82) is 0 Å². The van der Waals surface area contributed by atoms with Gasteiger partial charge in [-0.3, -0.25) is 4.79 Å². The molecule has 6 heteroatoms. The molecule has 5 nitrogen and oxygen atoms in total. The van der Waals surface area contributed by atoms with Gasteiger partial charge < -0.3 is 15.4 Å². The van der Waals surface area contributed by atoms with Gasteiger partial charge in [-0.1, -0.05) is 22.0 Å². The number of carbonyl (C=O) groups excluding carboxylic acids is 1. The number of anilines is 2. The maximum Gasteiger partial charge on any atom is 0.265 e. The predicted molar refractivity (Wildman–Crippen MR) is 79.5 cm³/mol. The van der Waals surface area contributed by atoms with Crippen LogP contribution in [0, 0.1) is 0 Å². The van der Waals surface area contributed by atoms with E-state index in [1.54, 1.807) is 17.2 Å². The van der Waals surface area contributed by atoms with E-state index in [0.29, 0.717) is 18.1 Å². The van der Waals surface area contributed by atoms with Crippen molar-refractivity contribution in [2.24, 2.45) is 0 Å². The van der Waals surface area contributed by atoms with Gasteiger partial charge in [0.05, 0.1) is 12.2 Å². The standard InChI is InChI=1S/C14H12BrN3O2/c15-10-3-4-12-11(6-10)18(13(19)8-20-12)7-9-2-1-5-17-14(9)16/h1-6H,7-8H2,(H2,16,17). The Morgan fingerprint density at radius 1 is 1.40 bits per heavy atom. The van der Waals surface area contributed by atoms with E-state index in [1.165, 1.54) is 0 Å². The molecule has 1 aromatic heterocycles. The zero-order valence-electron chi connectivity index (χ0n) is 10.5. The van der Waals surface area contributed by atoms with Crippen LogP contribution < -0.4 is 15.4 Å². The van der Waals surface area contributed by atoms with Gasteiger partial charge in [-0.2, -0.15) is 0 Å². The lowest BCUT2D eigenvalue weighted by atomic mass is 10.2. The van der Waals surface area contributed by atoms with E-state index in [2.05, 4.69) is 20.9 Å². The van der Waals surface area contributed by atoms with Crippen molar-refractivity contribution >= 4 is 33.3 Å². The van der Waals surface area contributed by atoms with Crippen LogP contribution in [-0.4, -0.2) is 17.5 Å². The number of nitrogens with two attached hydrogens (primary N) is 1. The number of ether oxygens (including phenoxy) is 1. The summed E-state index contributed by atoms with van der Waals surface area (Å²) in [6.07, 6.45) is 1.63. The molecule has 0 fully saturated rings. The molecule has 3 rings (SSSR count). The molecule has 0 bridgehead atoms. The quantitative estimate of drug-likeness (QED) is 0.915.